The highest BCUT2D eigenvalue weighted by molar-refractivity contribution is 6.30. The molecule has 0 aromatic heterocycles. The highest BCUT2D eigenvalue weighted by atomic mass is 35.5. The summed E-state index contributed by atoms with van der Waals surface area (Å²) in [6.45, 7) is 1.63. The largest absolute Gasteiger partial charge is 0.455 e. The molecule has 3 amide bonds. The molecule has 6 nitrogen and oxygen atoms in total. The summed E-state index contributed by atoms with van der Waals surface area (Å²) in [5, 5.41) is 5.67. The molecule has 146 valence electrons. The maximum absolute atomic E-state index is 12.4. The minimum atomic E-state index is -0.690. The van der Waals surface area contributed by atoms with E-state index in [9.17, 15) is 14.4 Å². The third kappa shape index (κ3) is 4.80. The summed E-state index contributed by atoms with van der Waals surface area (Å²) in [6, 6.07) is 6.61. The molecule has 1 aromatic rings. The second-order valence-corrected chi connectivity index (χ2v) is 7.99. The lowest BCUT2D eigenvalue weighted by Crippen LogP contribution is -2.48. The minimum Gasteiger partial charge on any atom is -0.455 e. The molecule has 2 atom stereocenters. The first-order valence-electron chi connectivity index (χ1n) is 9.44. The normalized spacial score (nSPS) is 23.2. The summed E-state index contributed by atoms with van der Waals surface area (Å²) >= 11 is 5.88. The van der Waals surface area contributed by atoms with Crippen molar-refractivity contribution in [1.29, 1.82) is 0 Å². The zero-order chi connectivity index (χ0) is 19.4. The van der Waals surface area contributed by atoms with Crippen LogP contribution in [0, 0.1) is 5.92 Å². The second kappa shape index (κ2) is 8.30. The SMILES string of the molecule is C[C@@H]1CCCC[C@H]1NC(=O)NC(=O)COC(=O)C1(c2ccc(Cl)cc2)CC1. The van der Waals surface area contributed by atoms with Crippen LogP contribution in [0.4, 0.5) is 4.79 Å². The molecule has 0 saturated heterocycles. The average Bonchev–Trinajstić information content (AvgIpc) is 3.44. The number of imide groups is 1. The van der Waals surface area contributed by atoms with Crippen molar-refractivity contribution >= 4 is 29.5 Å². The van der Waals surface area contributed by atoms with Crippen LogP contribution in [-0.2, 0) is 19.7 Å². The van der Waals surface area contributed by atoms with Gasteiger partial charge in [-0.3, -0.25) is 14.9 Å². The van der Waals surface area contributed by atoms with Crippen LogP contribution in [0.3, 0.4) is 0 Å². The summed E-state index contributed by atoms with van der Waals surface area (Å²) in [5.74, 6) is -0.677. The standard InChI is InChI=1S/C20H25ClN2O4/c1-13-4-2-3-5-16(13)22-19(26)23-17(24)12-27-18(25)20(10-11-20)14-6-8-15(21)9-7-14/h6-9,13,16H,2-5,10-12H2,1H3,(H2,22,23,24,26)/t13-,16-/m1/s1. The van der Waals surface area contributed by atoms with Crippen molar-refractivity contribution in [3.8, 4) is 0 Å². The quantitative estimate of drug-likeness (QED) is 0.753. The van der Waals surface area contributed by atoms with Crippen LogP contribution < -0.4 is 10.6 Å². The lowest BCUT2D eigenvalue weighted by Gasteiger charge is -2.29. The lowest BCUT2D eigenvalue weighted by atomic mass is 9.86. The summed E-state index contributed by atoms with van der Waals surface area (Å²) in [7, 11) is 0. The van der Waals surface area contributed by atoms with Gasteiger partial charge >= 0.3 is 12.0 Å². The van der Waals surface area contributed by atoms with Crippen LogP contribution in [-0.4, -0.2) is 30.6 Å². The Hall–Kier alpha value is -2.08. The number of benzene rings is 1. The second-order valence-electron chi connectivity index (χ2n) is 7.56. The maximum atomic E-state index is 12.4. The van der Waals surface area contributed by atoms with E-state index in [0.29, 0.717) is 23.8 Å². The van der Waals surface area contributed by atoms with E-state index < -0.39 is 29.9 Å². The van der Waals surface area contributed by atoms with E-state index in [0.717, 1.165) is 24.8 Å². The van der Waals surface area contributed by atoms with Gasteiger partial charge in [-0.05, 0) is 49.3 Å². The molecule has 0 bridgehead atoms. The Morgan fingerprint density at radius 3 is 2.44 bits per heavy atom. The van der Waals surface area contributed by atoms with E-state index in [-0.39, 0.29) is 6.04 Å². The number of hydrogen-bond donors (Lipinski definition) is 2. The van der Waals surface area contributed by atoms with Crippen molar-refractivity contribution in [2.24, 2.45) is 5.92 Å². The van der Waals surface area contributed by atoms with Crippen LogP contribution in [0.15, 0.2) is 24.3 Å². The average molecular weight is 393 g/mol. The third-order valence-electron chi connectivity index (χ3n) is 5.55. The molecule has 0 aliphatic heterocycles. The van der Waals surface area contributed by atoms with Crippen LogP contribution >= 0.6 is 11.6 Å². The predicted molar refractivity (Wildman–Crippen MR) is 101 cm³/mol. The molecule has 3 rings (SSSR count). The lowest BCUT2D eigenvalue weighted by molar-refractivity contribution is -0.150. The first kappa shape index (κ1) is 19.7. The van der Waals surface area contributed by atoms with Gasteiger partial charge in [-0.15, -0.1) is 0 Å². The van der Waals surface area contributed by atoms with E-state index in [1.165, 1.54) is 6.42 Å². The van der Waals surface area contributed by atoms with Gasteiger partial charge in [0.1, 0.15) is 0 Å². The number of rotatable bonds is 5. The Morgan fingerprint density at radius 1 is 1.15 bits per heavy atom. The molecule has 0 spiro atoms. The summed E-state index contributed by atoms with van der Waals surface area (Å²) in [5.41, 5.74) is 0.145. The molecule has 0 radical (unpaired) electrons. The van der Waals surface area contributed by atoms with Gasteiger partial charge in [0.2, 0.25) is 0 Å². The van der Waals surface area contributed by atoms with Crippen molar-refractivity contribution in [1.82, 2.24) is 10.6 Å². The zero-order valence-corrected chi connectivity index (χ0v) is 16.2. The number of carbonyl (C=O) groups excluding carboxylic acids is 3. The van der Waals surface area contributed by atoms with Crippen molar-refractivity contribution in [2.45, 2.75) is 56.9 Å². The van der Waals surface area contributed by atoms with Gasteiger partial charge in [-0.2, -0.15) is 0 Å². The molecule has 27 heavy (non-hydrogen) atoms. The van der Waals surface area contributed by atoms with Gasteiger partial charge in [-0.25, -0.2) is 4.79 Å². The number of urea groups is 1. The smallest absolute Gasteiger partial charge is 0.321 e. The van der Waals surface area contributed by atoms with Crippen LogP contribution in [0.1, 0.15) is 51.0 Å². The first-order valence-corrected chi connectivity index (χ1v) is 9.82. The van der Waals surface area contributed by atoms with Crippen molar-refractivity contribution in [3.63, 3.8) is 0 Å². The molecular weight excluding hydrogens is 368 g/mol. The van der Waals surface area contributed by atoms with E-state index in [4.69, 9.17) is 16.3 Å². The van der Waals surface area contributed by atoms with Crippen molar-refractivity contribution in [2.75, 3.05) is 6.61 Å². The Labute approximate surface area is 164 Å². The summed E-state index contributed by atoms with van der Waals surface area (Å²) in [4.78, 5) is 36.3. The van der Waals surface area contributed by atoms with E-state index >= 15 is 0 Å². The number of halogens is 1. The fraction of sp³-hybridized carbons (Fsp3) is 0.550. The third-order valence-corrected chi connectivity index (χ3v) is 5.80. The van der Waals surface area contributed by atoms with Crippen LogP contribution in [0.5, 0.6) is 0 Å². The number of carbonyl (C=O) groups is 3. The van der Waals surface area contributed by atoms with Gasteiger partial charge < -0.3 is 10.1 Å². The summed E-state index contributed by atoms with van der Waals surface area (Å²) in [6.07, 6.45) is 5.59. The molecule has 2 aliphatic rings. The molecule has 2 N–H and O–H groups in total. The topological polar surface area (TPSA) is 84.5 Å². The Balaban J connectivity index is 1.45. The van der Waals surface area contributed by atoms with Gasteiger partial charge in [0.05, 0.1) is 5.41 Å². The highest BCUT2D eigenvalue weighted by Gasteiger charge is 2.52. The molecule has 1 aromatic carbocycles. The monoisotopic (exact) mass is 392 g/mol. The molecule has 0 heterocycles. The Morgan fingerprint density at radius 2 is 1.81 bits per heavy atom. The van der Waals surface area contributed by atoms with Crippen molar-refractivity contribution in [3.05, 3.63) is 34.9 Å². The summed E-state index contributed by atoms with van der Waals surface area (Å²) < 4.78 is 5.16. The zero-order valence-electron chi connectivity index (χ0n) is 15.4. The number of esters is 1. The van der Waals surface area contributed by atoms with Crippen LogP contribution in [0.2, 0.25) is 5.02 Å². The van der Waals surface area contributed by atoms with E-state index in [2.05, 4.69) is 17.6 Å². The van der Waals surface area contributed by atoms with Crippen LogP contribution in [0.25, 0.3) is 0 Å². The first-order chi connectivity index (χ1) is 12.9. The molecule has 2 fully saturated rings. The van der Waals surface area contributed by atoms with E-state index in [1.54, 1.807) is 24.3 Å². The molecule has 2 saturated carbocycles. The van der Waals surface area contributed by atoms with Gasteiger partial charge in [0.25, 0.3) is 5.91 Å². The highest BCUT2D eigenvalue weighted by Crippen LogP contribution is 2.49. The fourth-order valence-electron chi connectivity index (χ4n) is 3.67. The molecular formula is C20H25ClN2O4. The maximum Gasteiger partial charge on any atom is 0.321 e. The molecule has 7 heteroatoms. The minimum absolute atomic E-state index is 0.0775. The number of amides is 3. The van der Waals surface area contributed by atoms with Gasteiger partial charge in [0.15, 0.2) is 6.61 Å². The number of nitrogens with one attached hydrogen (secondary N) is 2. The van der Waals surface area contributed by atoms with Gasteiger partial charge in [-0.1, -0.05) is 43.5 Å². The Bertz CT molecular complexity index is 715. The number of ether oxygens (including phenoxy) is 1. The van der Waals surface area contributed by atoms with Crippen molar-refractivity contribution < 1.29 is 19.1 Å². The molecule has 0 unspecified atom stereocenters. The Kier molecular flexibility index (Phi) is 6.05. The predicted octanol–water partition coefficient (Wildman–Crippen LogP) is 3.32. The van der Waals surface area contributed by atoms with E-state index in [1.807, 2.05) is 0 Å². The van der Waals surface area contributed by atoms with Gasteiger partial charge in [0, 0.05) is 11.1 Å². The fourth-order valence-corrected chi connectivity index (χ4v) is 3.80. The number of hydrogen-bond acceptors (Lipinski definition) is 4. The molecule has 2 aliphatic carbocycles.